The third kappa shape index (κ3) is 5.02. The van der Waals surface area contributed by atoms with Crippen LogP contribution in [0.3, 0.4) is 0 Å². The molecule has 1 amide bonds. The number of nitrogens with one attached hydrogen (secondary N) is 1. The number of non-ortho nitro benzene ring substituents is 1. The Balaban J connectivity index is 2.60. The lowest BCUT2D eigenvalue weighted by molar-refractivity contribution is -0.384. The molecule has 0 saturated heterocycles. The van der Waals surface area contributed by atoms with Crippen LogP contribution in [-0.4, -0.2) is 32.0 Å². The highest BCUT2D eigenvalue weighted by molar-refractivity contribution is 8.23. The van der Waals surface area contributed by atoms with Gasteiger partial charge in [-0.1, -0.05) is 24.0 Å². The molecule has 0 aliphatic heterocycles. The molecule has 1 aromatic carbocycles. The lowest BCUT2D eigenvalue weighted by Crippen LogP contribution is -2.27. The highest BCUT2D eigenvalue weighted by Crippen LogP contribution is 2.12. The van der Waals surface area contributed by atoms with E-state index in [9.17, 15) is 19.7 Å². The standard InChI is InChI=1S/C10H8N2O5S2/c13-8(14)5-19-10(18)11-9(15)6-1-3-7(4-2-6)12(16)17/h1-4H,5H2,(H,13,14)(H,11,15,18). The number of carbonyl (C=O) groups is 2. The molecule has 0 spiro atoms. The van der Waals surface area contributed by atoms with Gasteiger partial charge in [0.05, 0.1) is 10.7 Å². The number of benzene rings is 1. The summed E-state index contributed by atoms with van der Waals surface area (Å²) in [5, 5.41) is 21.2. The number of carboxylic acids is 1. The molecule has 1 rings (SSSR count). The Labute approximate surface area is 117 Å². The largest absolute Gasteiger partial charge is 0.481 e. The number of carboxylic acid groups (broad SMARTS) is 1. The number of amides is 1. The molecule has 9 heteroatoms. The van der Waals surface area contributed by atoms with E-state index in [0.29, 0.717) is 0 Å². The average molecular weight is 300 g/mol. The second-order valence-corrected chi connectivity index (χ2v) is 4.88. The third-order valence-electron chi connectivity index (χ3n) is 1.88. The van der Waals surface area contributed by atoms with Crippen molar-refractivity contribution < 1.29 is 19.6 Å². The van der Waals surface area contributed by atoms with Gasteiger partial charge in [0, 0.05) is 17.7 Å². The molecule has 0 fully saturated rings. The third-order valence-corrected chi connectivity index (χ3v) is 3.09. The van der Waals surface area contributed by atoms with Gasteiger partial charge >= 0.3 is 5.97 Å². The van der Waals surface area contributed by atoms with Crippen LogP contribution in [0.5, 0.6) is 0 Å². The van der Waals surface area contributed by atoms with Crippen molar-refractivity contribution in [3.63, 3.8) is 0 Å². The first-order valence-corrected chi connectivity index (χ1v) is 6.24. The Morgan fingerprint density at radius 3 is 2.42 bits per heavy atom. The van der Waals surface area contributed by atoms with Crippen molar-refractivity contribution in [2.24, 2.45) is 0 Å². The first-order chi connectivity index (χ1) is 8.90. The molecule has 0 aliphatic carbocycles. The SMILES string of the molecule is O=C(O)CSC(=S)NC(=O)c1ccc([N+](=O)[O-])cc1. The molecule has 0 bridgehead atoms. The molecule has 0 heterocycles. The summed E-state index contributed by atoms with van der Waals surface area (Å²) in [5.41, 5.74) is 0.0725. The van der Waals surface area contributed by atoms with E-state index < -0.39 is 16.8 Å². The van der Waals surface area contributed by atoms with E-state index in [1.165, 1.54) is 24.3 Å². The Kier molecular flexibility index (Phi) is 5.39. The van der Waals surface area contributed by atoms with Gasteiger partial charge in [-0.05, 0) is 12.1 Å². The first kappa shape index (κ1) is 15.1. The summed E-state index contributed by atoms with van der Waals surface area (Å²) in [7, 11) is 0. The molecule has 100 valence electrons. The average Bonchev–Trinajstić information content (AvgIpc) is 2.36. The molecule has 7 nitrogen and oxygen atoms in total. The van der Waals surface area contributed by atoms with E-state index in [-0.39, 0.29) is 21.3 Å². The van der Waals surface area contributed by atoms with E-state index in [1.54, 1.807) is 0 Å². The number of hydrogen-bond donors (Lipinski definition) is 2. The van der Waals surface area contributed by atoms with Gasteiger partial charge in [0.15, 0.2) is 0 Å². The number of carbonyl (C=O) groups excluding carboxylic acids is 1. The van der Waals surface area contributed by atoms with Crippen molar-refractivity contribution in [2.75, 3.05) is 5.75 Å². The minimum absolute atomic E-state index is 0.0331. The summed E-state index contributed by atoms with van der Waals surface area (Å²) < 4.78 is 0.0331. The van der Waals surface area contributed by atoms with E-state index >= 15 is 0 Å². The van der Waals surface area contributed by atoms with Crippen molar-refractivity contribution in [2.45, 2.75) is 0 Å². The summed E-state index contributed by atoms with van der Waals surface area (Å²) in [6.45, 7) is 0. The Morgan fingerprint density at radius 2 is 1.95 bits per heavy atom. The highest BCUT2D eigenvalue weighted by atomic mass is 32.2. The predicted molar refractivity (Wildman–Crippen MR) is 73.3 cm³/mol. The predicted octanol–water partition coefficient (Wildman–Crippen LogP) is 1.43. The Morgan fingerprint density at radius 1 is 1.37 bits per heavy atom. The van der Waals surface area contributed by atoms with Crippen LogP contribution >= 0.6 is 24.0 Å². The lowest BCUT2D eigenvalue weighted by Gasteiger charge is -2.04. The number of rotatable bonds is 4. The van der Waals surface area contributed by atoms with Crippen LogP contribution in [-0.2, 0) is 4.79 Å². The van der Waals surface area contributed by atoms with Crippen molar-refractivity contribution in [1.82, 2.24) is 5.32 Å². The number of thiocarbonyl (C=S) groups is 1. The molecule has 0 atom stereocenters. The van der Waals surface area contributed by atoms with E-state index in [0.717, 1.165) is 11.8 Å². The molecule has 0 radical (unpaired) electrons. The van der Waals surface area contributed by atoms with Gasteiger partial charge in [0.2, 0.25) is 0 Å². The Hall–Kier alpha value is -2.00. The number of nitro groups is 1. The van der Waals surface area contributed by atoms with E-state index in [4.69, 9.17) is 17.3 Å². The molecule has 1 aromatic rings. The molecular weight excluding hydrogens is 292 g/mol. The van der Waals surface area contributed by atoms with Gasteiger partial charge in [-0.2, -0.15) is 0 Å². The maximum absolute atomic E-state index is 11.7. The number of hydrogen-bond acceptors (Lipinski definition) is 6. The van der Waals surface area contributed by atoms with Gasteiger partial charge in [-0.25, -0.2) is 0 Å². The second kappa shape index (κ2) is 6.81. The van der Waals surface area contributed by atoms with E-state index in [2.05, 4.69) is 5.32 Å². The van der Waals surface area contributed by atoms with Crippen LogP contribution in [0.1, 0.15) is 10.4 Å². The topological polar surface area (TPSA) is 110 Å². The lowest BCUT2D eigenvalue weighted by atomic mass is 10.2. The van der Waals surface area contributed by atoms with Crippen LogP contribution in [0.4, 0.5) is 5.69 Å². The molecule has 19 heavy (non-hydrogen) atoms. The van der Waals surface area contributed by atoms with Gasteiger partial charge in [0.25, 0.3) is 11.6 Å². The number of aliphatic carboxylic acids is 1. The fourth-order valence-corrected chi connectivity index (χ4v) is 1.75. The molecule has 0 saturated carbocycles. The fraction of sp³-hybridized carbons (Fsp3) is 0.100. The smallest absolute Gasteiger partial charge is 0.313 e. The van der Waals surface area contributed by atoms with E-state index in [1.807, 2.05) is 0 Å². The van der Waals surface area contributed by atoms with Crippen molar-refractivity contribution in [3.05, 3.63) is 39.9 Å². The zero-order valence-electron chi connectivity index (χ0n) is 9.36. The van der Waals surface area contributed by atoms with Crippen LogP contribution in [0, 0.1) is 10.1 Å². The fourth-order valence-electron chi connectivity index (χ4n) is 1.06. The zero-order chi connectivity index (χ0) is 14.4. The van der Waals surface area contributed by atoms with Gasteiger partial charge in [0.1, 0.15) is 4.32 Å². The van der Waals surface area contributed by atoms with Crippen LogP contribution < -0.4 is 5.32 Å². The number of thioether (sulfide) groups is 1. The second-order valence-electron chi connectivity index (χ2n) is 3.23. The summed E-state index contributed by atoms with van der Waals surface area (Å²) >= 11 is 5.58. The van der Waals surface area contributed by atoms with Crippen LogP contribution in [0.25, 0.3) is 0 Å². The molecule has 0 aromatic heterocycles. The summed E-state index contributed by atoms with van der Waals surface area (Å²) in [6.07, 6.45) is 0. The summed E-state index contributed by atoms with van der Waals surface area (Å²) in [4.78, 5) is 31.8. The maximum atomic E-state index is 11.7. The van der Waals surface area contributed by atoms with Crippen LogP contribution in [0.15, 0.2) is 24.3 Å². The minimum Gasteiger partial charge on any atom is -0.481 e. The van der Waals surface area contributed by atoms with Crippen molar-refractivity contribution in [1.29, 1.82) is 0 Å². The monoisotopic (exact) mass is 300 g/mol. The molecule has 2 N–H and O–H groups in total. The van der Waals surface area contributed by atoms with Crippen molar-refractivity contribution in [3.8, 4) is 0 Å². The van der Waals surface area contributed by atoms with Crippen molar-refractivity contribution >= 4 is 45.9 Å². The summed E-state index contributed by atoms with van der Waals surface area (Å²) in [5.74, 6) is -1.84. The highest BCUT2D eigenvalue weighted by Gasteiger charge is 2.11. The van der Waals surface area contributed by atoms with Gasteiger partial charge in [-0.15, -0.1) is 0 Å². The first-order valence-electron chi connectivity index (χ1n) is 4.84. The number of nitro benzene ring substituents is 1. The van der Waals surface area contributed by atoms with Gasteiger partial charge < -0.3 is 10.4 Å². The maximum Gasteiger partial charge on any atom is 0.313 e. The Bertz CT molecular complexity index is 529. The zero-order valence-corrected chi connectivity index (χ0v) is 11.0. The molecular formula is C10H8N2O5S2. The quantitative estimate of drug-likeness (QED) is 0.491. The van der Waals surface area contributed by atoms with Crippen LogP contribution in [0.2, 0.25) is 0 Å². The van der Waals surface area contributed by atoms with Gasteiger partial charge in [-0.3, -0.25) is 19.7 Å². The minimum atomic E-state index is -1.04. The summed E-state index contributed by atoms with van der Waals surface area (Å²) in [6, 6.07) is 4.97. The molecule has 0 unspecified atom stereocenters. The molecule has 0 aliphatic rings. The number of nitrogens with zero attached hydrogens (tertiary/aromatic N) is 1. The normalized spacial score (nSPS) is 9.68.